The number of rotatable bonds is 4. The van der Waals surface area contributed by atoms with Crippen molar-refractivity contribution in [2.75, 3.05) is 10.7 Å². The van der Waals surface area contributed by atoms with Gasteiger partial charge in [-0.2, -0.15) is 4.98 Å². The molecular formula is C11H11ClFN5. The molecular weight excluding hydrogens is 257 g/mol. The molecule has 0 radical (unpaired) electrons. The Kier molecular flexibility index (Phi) is 3.91. The first-order chi connectivity index (χ1) is 8.70. The molecule has 7 heteroatoms. The third-order valence-electron chi connectivity index (χ3n) is 2.28. The summed E-state index contributed by atoms with van der Waals surface area (Å²) < 4.78 is 13.4. The summed E-state index contributed by atoms with van der Waals surface area (Å²) in [6.45, 7) is 0.359. The van der Waals surface area contributed by atoms with Crippen LogP contribution in [-0.2, 0) is 6.54 Å². The molecule has 1 aromatic carbocycles. The van der Waals surface area contributed by atoms with E-state index >= 15 is 0 Å². The molecule has 0 saturated carbocycles. The van der Waals surface area contributed by atoms with Crippen molar-refractivity contribution in [1.29, 1.82) is 0 Å². The molecule has 0 aliphatic carbocycles. The number of hydrogen-bond donors (Lipinski definition) is 3. The van der Waals surface area contributed by atoms with E-state index in [-0.39, 0.29) is 11.8 Å². The van der Waals surface area contributed by atoms with Crippen LogP contribution in [0.25, 0.3) is 0 Å². The lowest BCUT2D eigenvalue weighted by atomic mass is 10.2. The van der Waals surface area contributed by atoms with Gasteiger partial charge in [-0.25, -0.2) is 15.2 Å². The van der Waals surface area contributed by atoms with Gasteiger partial charge in [0.25, 0.3) is 0 Å². The Bertz CT molecular complexity index is 549. The maximum atomic E-state index is 13.4. The molecule has 18 heavy (non-hydrogen) atoms. The van der Waals surface area contributed by atoms with Crippen molar-refractivity contribution >= 4 is 23.4 Å². The molecule has 0 bridgehead atoms. The van der Waals surface area contributed by atoms with Crippen LogP contribution in [0.3, 0.4) is 0 Å². The Morgan fingerprint density at radius 3 is 2.83 bits per heavy atom. The van der Waals surface area contributed by atoms with Crippen molar-refractivity contribution in [2.24, 2.45) is 5.84 Å². The smallest absolute Gasteiger partial charge is 0.239 e. The normalized spacial score (nSPS) is 10.2. The highest BCUT2D eigenvalue weighted by molar-refractivity contribution is 6.31. The summed E-state index contributed by atoms with van der Waals surface area (Å²) in [7, 11) is 0. The van der Waals surface area contributed by atoms with Crippen molar-refractivity contribution in [3.63, 3.8) is 0 Å². The van der Waals surface area contributed by atoms with Crippen LogP contribution in [0, 0.1) is 5.82 Å². The van der Waals surface area contributed by atoms with Gasteiger partial charge in [-0.15, -0.1) is 0 Å². The highest BCUT2D eigenvalue weighted by Gasteiger charge is 2.06. The minimum Gasteiger partial charge on any atom is -0.363 e. The van der Waals surface area contributed by atoms with Gasteiger partial charge in [0.2, 0.25) is 5.95 Å². The van der Waals surface area contributed by atoms with Crippen LogP contribution in [0.5, 0.6) is 0 Å². The van der Waals surface area contributed by atoms with Gasteiger partial charge in [0.15, 0.2) is 11.6 Å². The third kappa shape index (κ3) is 2.85. The van der Waals surface area contributed by atoms with Crippen molar-refractivity contribution in [3.05, 3.63) is 46.9 Å². The van der Waals surface area contributed by atoms with Crippen molar-refractivity contribution in [1.82, 2.24) is 9.97 Å². The zero-order valence-electron chi connectivity index (χ0n) is 9.32. The molecule has 1 aromatic heterocycles. The zero-order valence-corrected chi connectivity index (χ0v) is 10.1. The summed E-state index contributed by atoms with van der Waals surface area (Å²) in [6, 6.07) is 7.29. The number of nitrogens with two attached hydrogens (primary N) is 1. The lowest BCUT2D eigenvalue weighted by molar-refractivity contribution is 0.617. The van der Waals surface area contributed by atoms with E-state index in [9.17, 15) is 4.39 Å². The number of aromatic nitrogens is 2. The number of nitrogens with one attached hydrogen (secondary N) is 2. The van der Waals surface area contributed by atoms with E-state index < -0.39 is 5.82 Å². The molecule has 5 nitrogen and oxygen atoms in total. The summed E-state index contributed by atoms with van der Waals surface area (Å²) in [5.41, 5.74) is 3.10. The first-order valence-corrected chi connectivity index (χ1v) is 5.55. The highest BCUT2D eigenvalue weighted by Crippen LogP contribution is 2.17. The molecule has 0 saturated heterocycles. The van der Waals surface area contributed by atoms with E-state index in [0.717, 1.165) is 11.8 Å². The van der Waals surface area contributed by atoms with Gasteiger partial charge in [0, 0.05) is 11.6 Å². The topological polar surface area (TPSA) is 75.9 Å². The van der Waals surface area contributed by atoms with E-state index in [4.69, 9.17) is 17.4 Å². The number of nitrogen functional groups attached to an aromatic ring is 1. The van der Waals surface area contributed by atoms with Crippen LogP contribution >= 0.6 is 11.6 Å². The average molecular weight is 268 g/mol. The van der Waals surface area contributed by atoms with Crippen molar-refractivity contribution in [2.45, 2.75) is 6.54 Å². The molecule has 2 aromatic rings. The Morgan fingerprint density at radius 2 is 2.11 bits per heavy atom. The Hall–Kier alpha value is -1.92. The monoisotopic (exact) mass is 267 g/mol. The molecule has 0 amide bonds. The van der Waals surface area contributed by atoms with Crippen molar-refractivity contribution in [3.8, 4) is 0 Å². The first kappa shape index (κ1) is 12.5. The Balaban J connectivity index is 2.13. The predicted molar refractivity (Wildman–Crippen MR) is 68.6 cm³/mol. The molecule has 4 N–H and O–H groups in total. The van der Waals surface area contributed by atoms with Crippen LogP contribution < -0.4 is 16.6 Å². The Labute approximate surface area is 108 Å². The van der Waals surface area contributed by atoms with E-state index in [1.165, 1.54) is 0 Å². The SMILES string of the molecule is NNc1ncc(F)c(NCc2ccccc2Cl)n1. The summed E-state index contributed by atoms with van der Waals surface area (Å²) in [4.78, 5) is 7.50. The number of hydrazine groups is 1. The van der Waals surface area contributed by atoms with Gasteiger partial charge in [0.05, 0.1) is 6.20 Å². The standard InChI is InChI=1S/C11H11ClFN5/c12-8-4-2-1-3-7(8)5-15-10-9(13)6-16-11(17-10)18-14/h1-4,6H,5,14H2,(H2,15,16,17,18). The molecule has 0 aliphatic rings. The van der Waals surface area contributed by atoms with Crippen LogP contribution in [0.2, 0.25) is 5.02 Å². The van der Waals surface area contributed by atoms with Crippen LogP contribution in [-0.4, -0.2) is 9.97 Å². The van der Waals surface area contributed by atoms with Gasteiger partial charge in [0.1, 0.15) is 0 Å². The second-order valence-corrected chi connectivity index (χ2v) is 3.89. The van der Waals surface area contributed by atoms with Crippen LogP contribution in [0.15, 0.2) is 30.5 Å². The molecule has 0 spiro atoms. The number of halogens is 2. The third-order valence-corrected chi connectivity index (χ3v) is 2.65. The van der Waals surface area contributed by atoms with Crippen molar-refractivity contribution < 1.29 is 4.39 Å². The zero-order chi connectivity index (χ0) is 13.0. The number of anilines is 2. The molecule has 2 rings (SSSR count). The summed E-state index contributed by atoms with van der Waals surface area (Å²) in [5, 5.41) is 3.45. The second-order valence-electron chi connectivity index (χ2n) is 3.48. The molecule has 0 atom stereocenters. The number of nitrogens with zero attached hydrogens (tertiary/aromatic N) is 2. The highest BCUT2D eigenvalue weighted by atomic mass is 35.5. The maximum absolute atomic E-state index is 13.4. The van der Waals surface area contributed by atoms with Gasteiger partial charge in [-0.05, 0) is 11.6 Å². The van der Waals surface area contributed by atoms with Gasteiger partial charge < -0.3 is 5.32 Å². The largest absolute Gasteiger partial charge is 0.363 e. The quantitative estimate of drug-likeness (QED) is 0.585. The summed E-state index contributed by atoms with van der Waals surface area (Å²) in [6.07, 6.45) is 1.04. The molecule has 94 valence electrons. The Morgan fingerprint density at radius 1 is 1.33 bits per heavy atom. The van der Waals surface area contributed by atoms with Crippen LogP contribution in [0.4, 0.5) is 16.2 Å². The summed E-state index contributed by atoms with van der Waals surface area (Å²) in [5.74, 6) is 4.80. The van der Waals surface area contributed by atoms with Crippen LogP contribution in [0.1, 0.15) is 5.56 Å². The molecule has 0 aliphatic heterocycles. The molecule has 0 unspecified atom stereocenters. The van der Waals surface area contributed by atoms with Gasteiger partial charge in [-0.1, -0.05) is 29.8 Å². The number of benzene rings is 1. The average Bonchev–Trinajstić information content (AvgIpc) is 2.39. The lowest BCUT2D eigenvalue weighted by Gasteiger charge is -2.08. The fourth-order valence-electron chi connectivity index (χ4n) is 1.38. The van der Waals surface area contributed by atoms with Gasteiger partial charge >= 0.3 is 0 Å². The van der Waals surface area contributed by atoms with E-state index in [1.54, 1.807) is 6.07 Å². The maximum Gasteiger partial charge on any atom is 0.239 e. The fraction of sp³-hybridized carbons (Fsp3) is 0.0909. The van der Waals surface area contributed by atoms with E-state index in [0.29, 0.717) is 11.6 Å². The minimum absolute atomic E-state index is 0.0675. The molecule has 0 fully saturated rings. The second kappa shape index (κ2) is 5.61. The van der Waals surface area contributed by atoms with E-state index in [1.807, 2.05) is 18.2 Å². The predicted octanol–water partition coefficient (Wildman–Crippen LogP) is 2.17. The number of hydrogen-bond acceptors (Lipinski definition) is 5. The van der Waals surface area contributed by atoms with E-state index in [2.05, 4.69) is 20.7 Å². The minimum atomic E-state index is -0.555. The fourth-order valence-corrected chi connectivity index (χ4v) is 1.58. The summed E-state index contributed by atoms with van der Waals surface area (Å²) >= 11 is 5.99. The molecule has 1 heterocycles. The lowest BCUT2D eigenvalue weighted by Crippen LogP contribution is -2.13. The first-order valence-electron chi connectivity index (χ1n) is 5.17. The van der Waals surface area contributed by atoms with Gasteiger partial charge in [-0.3, -0.25) is 5.43 Å².